The summed E-state index contributed by atoms with van der Waals surface area (Å²) in [6.45, 7) is 2.07. The van der Waals surface area contributed by atoms with Crippen molar-refractivity contribution in [1.82, 2.24) is 15.0 Å². The van der Waals surface area contributed by atoms with Gasteiger partial charge >= 0.3 is 0 Å². The number of hydrogen-bond acceptors (Lipinski definition) is 8. The largest absolute Gasteiger partial charge is 0.512 e. The predicted octanol–water partition coefficient (Wildman–Crippen LogP) is 11.6. The molecule has 0 fully saturated rings. The first kappa shape index (κ1) is 32.2. The quantitative estimate of drug-likeness (QED) is 0.0557. The number of carbonyl (C=O) groups excluding carboxylic acids is 1. The Kier molecular flexibility index (Phi) is 10.9. The molecule has 8 nitrogen and oxygen atoms in total. The fourth-order valence-electron chi connectivity index (χ4n) is 5.70. The number of carbonyl (C=O) groups is 1. The van der Waals surface area contributed by atoms with E-state index in [1.54, 1.807) is 30.6 Å². The summed E-state index contributed by atoms with van der Waals surface area (Å²) in [6.07, 6.45) is 8.14. The molecule has 0 aliphatic carbocycles. The Hall–Kier alpha value is -6.28. The molecule has 0 bridgehead atoms. The van der Waals surface area contributed by atoms with Gasteiger partial charge in [0.2, 0.25) is 11.6 Å². The van der Waals surface area contributed by atoms with E-state index in [0.717, 1.165) is 56.9 Å². The smallest absolute Gasteiger partial charge is 0.216 e. The predicted molar refractivity (Wildman–Crippen MR) is 217 cm³/mol. The number of hydrogen-bond donors (Lipinski definition) is 1. The molecule has 0 saturated carbocycles. The van der Waals surface area contributed by atoms with Crippen LogP contribution in [0.3, 0.4) is 0 Å². The van der Waals surface area contributed by atoms with Crippen molar-refractivity contribution in [3.8, 4) is 33.6 Å². The van der Waals surface area contributed by atoms with Crippen molar-refractivity contribution in [2.75, 3.05) is 0 Å². The molecular weight excluding hydrogens is 865 g/mol. The van der Waals surface area contributed by atoms with E-state index >= 15 is 0 Å². The van der Waals surface area contributed by atoms with Crippen molar-refractivity contribution in [2.24, 2.45) is 4.99 Å². The van der Waals surface area contributed by atoms with Gasteiger partial charge in [0, 0.05) is 64.1 Å². The topological polar surface area (TPSA) is 115 Å². The number of nitrogens with zero attached hydrogens (tertiary/aromatic N) is 4. The minimum absolute atomic E-state index is 0. The van der Waals surface area contributed by atoms with Crippen molar-refractivity contribution >= 4 is 50.9 Å². The zero-order valence-electron chi connectivity index (χ0n) is 35.8. The number of rotatable bonds is 7. The molecule has 0 amide bonds. The van der Waals surface area contributed by atoms with Gasteiger partial charge in [0.1, 0.15) is 0 Å². The molecule has 8 aromatic rings. The van der Waals surface area contributed by atoms with Crippen molar-refractivity contribution in [3.05, 3.63) is 157 Å². The van der Waals surface area contributed by atoms with Crippen molar-refractivity contribution in [1.29, 1.82) is 0 Å². The molecule has 3 aromatic carbocycles. The van der Waals surface area contributed by atoms with Gasteiger partial charge in [-0.3, -0.25) is 4.79 Å². The van der Waals surface area contributed by atoms with Gasteiger partial charge in [0.15, 0.2) is 5.78 Å². The van der Waals surface area contributed by atoms with E-state index in [9.17, 15) is 4.79 Å². The Labute approximate surface area is 341 Å². The van der Waals surface area contributed by atoms with Crippen LogP contribution in [0.5, 0.6) is 0 Å². The molecule has 55 heavy (non-hydrogen) atoms. The van der Waals surface area contributed by atoms with Gasteiger partial charge in [-0.2, -0.15) is 0 Å². The van der Waals surface area contributed by atoms with E-state index < -0.39 is 13.7 Å². The number of aliphatic hydroxyl groups excluding tert-OH is 1. The number of aromatic nitrogens is 3. The van der Waals surface area contributed by atoms with Gasteiger partial charge < -0.3 is 23.9 Å². The molecule has 0 saturated heterocycles. The zero-order valence-corrected chi connectivity index (χ0v) is 32.2. The van der Waals surface area contributed by atoms with Crippen LogP contribution in [-0.4, -0.2) is 32.1 Å². The Morgan fingerprint density at radius 3 is 2.33 bits per heavy atom. The molecule has 1 N–H and O–H groups in total. The van der Waals surface area contributed by atoms with E-state index in [2.05, 4.69) is 38.7 Å². The van der Waals surface area contributed by atoms with Crippen molar-refractivity contribution in [3.63, 3.8) is 0 Å². The Morgan fingerprint density at radius 1 is 0.873 bits per heavy atom. The van der Waals surface area contributed by atoms with E-state index in [4.69, 9.17) is 22.2 Å². The summed E-state index contributed by atoms with van der Waals surface area (Å²) in [5.74, 6) is 0.178. The second-order valence-corrected chi connectivity index (χ2v) is 12.0. The van der Waals surface area contributed by atoms with Crippen molar-refractivity contribution < 1.29 is 47.1 Å². The number of allylic oxidation sites excluding steroid dienone is 3. The second kappa shape index (κ2) is 18.7. The van der Waals surface area contributed by atoms with Crippen LogP contribution >= 0.6 is 0 Å². The minimum atomic E-state index is -2.28. The number of aliphatic hydroxyl groups is 1. The Bertz CT molecular complexity index is 2860. The summed E-state index contributed by atoms with van der Waals surface area (Å²) >= 11 is 0. The third-order valence-corrected chi connectivity index (χ3v) is 7.95. The first-order valence-electron chi connectivity index (χ1n) is 19.8. The minimum Gasteiger partial charge on any atom is -0.512 e. The van der Waals surface area contributed by atoms with Gasteiger partial charge in [-0.25, -0.2) is 9.98 Å². The Morgan fingerprint density at radius 2 is 1.62 bits per heavy atom. The fraction of sp³-hybridized carbons (Fsp3) is 0.109. The molecule has 277 valence electrons. The number of pyridine rings is 3. The molecule has 0 aliphatic heterocycles. The van der Waals surface area contributed by atoms with Gasteiger partial charge in [-0.15, -0.1) is 43.0 Å². The van der Waals surface area contributed by atoms with Crippen LogP contribution in [0.4, 0.5) is 5.88 Å². The molecule has 1 radical (unpaired) electrons. The van der Waals surface area contributed by atoms with Gasteiger partial charge in [0.25, 0.3) is 0 Å². The standard InChI is InChI=1S/C23H15N2O.C18H15N2O.C5H8O2.Ir/c1-15-10-11-19-18-8-5-9-20(22(18)26-23(19)25-15)21-14-17(12-13-24-21)16-6-3-2-4-7-16;1-3-6-13-9-10-20-16(11-13)15-8-5-7-14-12-17(19-4-2)21-18(14)15;1-4(6)3-5(2)7;/h2-8,10-14H,1H3;3-5,7,9-12H,1,6H2,2H3;3,6H,1-2H3;/q2*-1;;/b;19-4+;4-3-;/i1D3;2D3;;. The summed E-state index contributed by atoms with van der Waals surface area (Å²) in [5.41, 5.74) is 7.61. The maximum absolute atomic E-state index is 10.0. The van der Waals surface area contributed by atoms with Crippen LogP contribution in [-0.2, 0) is 31.3 Å². The first-order chi connectivity index (χ1) is 28.6. The molecule has 5 aromatic heterocycles. The summed E-state index contributed by atoms with van der Waals surface area (Å²) < 4.78 is 56.0. The molecule has 0 aliphatic rings. The van der Waals surface area contributed by atoms with Crippen LogP contribution in [0.15, 0.2) is 148 Å². The van der Waals surface area contributed by atoms with Gasteiger partial charge in [0.05, 0.1) is 16.9 Å². The normalized spacial score (nSPS) is 13.2. The molecule has 8 rings (SSSR count). The Balaban J connectivity index is 0.000000200. The summed E-state index contributed by atoms with van der Waals surface area (Å²) in [5, 5.41) is 10.8. The summed E-state index contributed by atoms with van der Waals surface area (Å²) in [4.78, 5) is 27.0. The SMILES string of the molecule is CC(=O)/C=C(/C)O.[2H]C([2H])([2H])/C=N/c1cc2cc[c-]c(-c3cc(CC=C)ccn3)c2o1.[2H]C([2H])([2H])c1ccc2c(n1)oc1c(-c3cc(-c4ccccc4)ccn3)[c-]ccc12.[Ir]. The number of benzene rings is 3. The van der Waals surface area contributed by atoms with Crippen LogP contribution < -0.4 is 0 Å². The maximum Gasteiger partial charge on any atom is 0.216 e. The number of ketones is 1. The van der Waals surface area contributed by atoms with Crippen LogP contribution in [0.1, 0.15) is 40.2 Å². The molecular formula is C46H38IrN4O4-2. The van der Waals surface area contributed by atoms with E-state index in [1.807, 2.05) is 78.9 Å². The summed E-state index contributed by atoms with van der Waals surface area (Å²) in [7, 11) is 0. The molecule has 0 atom stereocenters. The van der Waals surface area contributed by atoms with Crippen molar-refractivity contribution in [2.45, 2.75) is 34.0 Å². The van der Waals surface area contributed by atoms with Crippen LogP contribution in [0.25, 0.3) is 66.7 Å². The van der Waals surface area contributed by atoms with E-state index in [1.165, 1.54) is 26.0 Å². The maximum atomic E-state index is 10.0. The third-order valence-electron chi connectivity index (χ3n) is 7.95. The van der Waals surface area contributed by atoms with Crippen LogP contribution in [0.2, 0.25) is 0 Å². The third kappa shape index (κ3) is 9.83. The van der Waals surface area contributed by atoms with Gasteiger partial charge in [-0.05, 0) is 92.4 Å². The fourth-order valence-corrected chi connectivity index (χ4v) is 5.70. The second-order valence-electron chi connectivity index (χ2n) is 12.0. The molecule has 0 spiro atoms. The van der Waals surface area contributed by atoms with E-state index in [-0.39, 0.29) is 43.2 Å². The monoisotopic (exact) mass is 909 g/mol. The number of fused-ring (bicyclic) bond motifs is 4. The number of furan rings is 2. The zero-order chi connectivity index (χ0) is 43.0. The average Bonchev–Trinajstić information content (AvgIpc) is 3.81. The molecule has 5 heterocycles. The van der Waals surface area contributed by atoms with Crippen LogP contribution in [0, 0.1) is 19.0 Å². The van der Waals surface area contributed by atoms with Gasteiger partial charge in [-0.1, -0.05) is 70.4 Å². The summed E-state index contributed by atoms with van der Waals surface area (Å²) in [6, 6.07) is 36.6. The number of aryl methyl sites for hydroxylation is 1. The van der Waals surface area contributed by atoms with E-state index in [0.29, 0.717) is 28.0 Å². The molecule has 0 unspecified atom stereocenters. The number of aliphatic imine (C=N–C) groups is 1. The first-order valence-corrected chi connectivity index (χ1v) is 16.8. The average molecular weight is 909 g/mol. The molecule has 9 heteroatoms.